The molecule has 0 aromatic rings. The van der Waals surface area contributed by atoms with Gasteiger partial charge in [0.2, 0.25) is 0 Å². The molecule has 1 N–H and O–H groups in total. The van der Waals surface area contributed by atoms with Crippen LogP contribution in [0.5, 0.6) is 0 Å². The molecule has 0 radical (unpaired) electrons. The summed E-state index contributed by atoms with van der Waals surface area (Å²) in [6.45, 7) is 10.3. The zero-order valence-corrected chi connectivity index (χ0v) is 12.5. The maximum Gasteiger partial charge on any atom is 0.00647 e. The predicted octanol–water partition coefficient (Wildman–Crippen LogP) is 4.32. The van der Waals surface area contributed by atoms with Crippen LogP contribution in [-0.4, -0.2) is 24.1 Å². The number of nitrogens with one attached hydrogen (secondary N) is 1. The zero-order chi connectivity index (χ0) is 12.2. The lowest BCUT2D eigenvalue weighted by Crippen LogP contribution is -2.29. The average Bonchev–Trinajstić information content (AvgIpc) is 2.26. The van der Waals surface area contributed by atoms with Gasteiger partial charge in [-0.05, 0) is 56.1 Å². The Kier molecular flexibility index (Phi) is 12.0. The van der Waals surface area contributed by atoms with Crippen LogP contribution in [0.4, 0.5) is 0 Å². The molecule has 0 aliphatic heterocycles. The van der Waals surface area contributed by atoms with E-state index in [4.69, 9.17) is 0 Å². The summed E-state index contributed by atoms with van der Waals surface area (Å²) in [6, 6.07) is 0.755. The highest BCUT2D eigenvalue weighted by atomic mass is 32.2. The Morgan fingerprint density at radius 3 is 2.38 bits per heavy atom. The Balaban J connectivity index is 3.27. The van der Waals surface area contributed by atoms with Crippen molar-refractivity contribution in [1.29, 1.82) is 0 Å². The van der Waals surface area contributed by atoms with Gasteiger partial charge in [0, 0.05) is 6.04 Å². The fourth-order valence-electron chi connectivity index (χ4n) is 1.65. The van der Waals surface area contributed by atoms with Gasteiger partial charge in [0.1, 0.15) is 0 Å². The molecule has 0 saturated carbocycles. The van der Waals surface area contributed by atoms with Crippen LogP contribution in [0.2, 0.25) is 0 Å². The van der Waals surface area contributed by atoms with E-state index in [1.165, 1.54) is 50.2 Å². The minimum atomic E-state index is 0.755. The van der Waals surface area contributed by atoms with Crippen LogP contribution < -0.4 is 5.32 Å². The van der Waals surface area contributed by atoms with E-state index in [0.717, 1.165) is 12.0 Å². The molecule has 0 rings (SSSR count). The maximum absolute atomic E-state index is 3.62. The molecule has 0 amide bonds. The van der Waals surface area contributed by atoms with Crippen molar-refractivity contribution in [2.75, 3.05) is 18.1 Å². The van der Waals surface area contributed by atoms with Crippen molar-refractivity contribution in [1.82, 2.24) is 5.32 Å². The molecule has 0 aliphatic rings. The van der Waals surface area contributed by atoms with E-state index in [0.29, 0.717) is 0 Å². The molecule has 98 valence electrons. The normalized spacial score (nSPS) is 13.3. The van der Waals surface area contributed by atoms with Crippen molar-refractivity contribution in [3.63, 3.8) is 0 Å². The Hall–Kier alpha value is 0.310. The van der Waals surface area contributed by atoms with Crippen LogP contribution in [0.1, 0.15) is 59.8 Å². The summed E-state index contributed by atoms with van der Waals surface area (Å²) in [6.07, 6.45) is 6.62. The minimum Gasteiger partial charge on any atom is -0.314 e. The first-order valence-electron chi connectivity index (χ1n) is 7.01. The lowest BCUT2D eigenvalue weighted by Gasteiger charge is -2.16. The highest BCUT2D eigenvalue weighted by Crippen LogP contribution is 2.12. The van der Waals surface area contributed by atoms with Gasteiger partial charge in [0.05, 0.1) is 0 Å². The molecule has 0 bridgehead atoms. The second-order valence-corrected chi connectivity index (χ2v) is 6.22. The van der Waals surface area contributed by atoms with Crippen LogP contribution >= 0.6 is 11.8 Å². The summed E-state index contributed by atoms with van der Waals surface area (Å²) in [4.78, 5) is 0. The fourth-order valence-corrected chi connectivity index (χ4v) is 2.86. The molecule has 0 aromatic carbocycles. The van der Waals surface area contributed by atoms with Gasteiger partial charge in [-0.15, -0.1) is 0 Å². The number of hydrogen-bond acceptors (Lipinski definition) is 2. The maximum atomic E-state index is 3.62. The standard InChI is InChI=1S/C14H31NS/c1-5-10-15-14(6-2)8-7-11-16-12-9-13(3)4/h13-15H,5-12H2,1-4H3. The first-order valence-corrected chi connectivity index (χ1v) is 8.17. The SMILES string of the molecule is CCCNC(CC)CCCSCCC(C)C. The third-order valence-electron chi connectivity index (χ3n) is 2.86. The van der Waals surface area contributed by atoms with Crippen molar-refractivity contribution in [3.8, 4) is 0 Å². The van der Waals surface area contributed by atoms with Crippen LogP contribution in [0.25, 0.3) is 0 Å². The molecule has 0 fully saturated rings. The molecule has 1 unspecified atom stereocenters. The van der Waals surface area contributed by atoms with E-state index in [-0.39, 0.29) is 0 Å². The monoisotopic (exact) mass is 245 g/mol. The van der Waals surface area contributed by atoms with Crippen LogP contribution in [0.15, 0.2) is 0 Å². The van der Waals surface area contributed by atoms with Crippen molar-refractivity contribution >= 4 is 11.8 Å². The van der Waals surface area contributed by atoms with Gasteiger partial charge in [0.25, 0.3) is 0 Å². The fraction of sp³-hybridized carbons (Fsp3) is 1.00. The molecule has 16 heavy (non-hydrogen) atoms. The largest absolute Gasteiger partial charge is 0.314 e. The minimum absolute atomic E-state index is 0.755. The second-order valence-electron chi connectivity index (χ2n) is 5.00. The highest BCUT2D eigenvalue weighted by Gasteiger charge is 2.04. The van der Waals surface area contributed by atoms with E-state index in [2.05, 4.69) is 44.8 Å². The summed E-state index contributed by atoms with van der Waals surface area (Å²) in [5.74, 6) is 3.55. The second kappa shape index (κ2) is 11.8. The third kappa shape index (κ3) is 10.8. The Morgan fingerprint density at radius 2 is 1.81 bits per heavy atom. The molecule has 0 heterocycles. The van der Waals surface area contributed by atoms with Crippen LogP contribution in [-0.2, 0) is 0 Å². The topological polar surface area (TPSA) is 12.0 Å². The molecular formula is C14H31NS. The molecule has 1 atom stereocenters. The molecule has 1 nitrogen and oxygen atoms in total. The summed E-state index contributed by atoms with van der Waals surface area (Å²) in [5.41, 5.74) is 0. The van der Waals surface area contributed by atoms with Crippen LogP contribution in [0.3, 0.4) is 0 Å². The summed E-state index contributed by atoms with van der Waals surface area (Å²) >= 11 is 2.13. The molecule has 2 heteroatoms. The van der Waals surface area contributed by atoms with Crippen molar-refractivity contribution in [2.45, 2.75) is 65.8 Å². The first-order chi connectivity index (χ1) is 7.70. The average molecular weight is 245 g/mol. The summed E-state index contributed by atoms with van der Waals surface area (Å²) in [7, 11) is 0. The van der Waals surface area contributed by atoms with Crippen molar-refractivity contribution < 1.29 is 0 Å². The van der Waals surface area contributed by atoms with Gasteiger partial charge in [0.15, 0.2) is 0 Å². The lowest BCUT2D eigenvalue weighted by molar-refractivity contribution is 0.465. The predicted molar refractivity (Wildman–Crippen MR) is 78.4 cm³/mol. The van der Waals surface area contributed by atoms with Gasteiger partial charge >= 0.3 is 0 Å². The van der Waals surface area contributed by atoms with Gasteiger partial charge in [-0.3, -0.25) is 0 Å². The number of thioether (sulfide) groups is 1. The smallest absolute Gasteiger partial charge is 0.00647 e. The molecular weight excluding hydrogens is 214 g/mol. The highest BCUT2D eigenvalue weighted by molar-refractivity contribution is 7.99. The summed E-state index contributed by atoms with van der Waals surface area (Å²) < 4.78 is 0. The van der Waals surface area contributed by atoms with E-state index in [1.807, 2.05) is 0 Å². The van der Waals surface area contributed by atoms with E-state index in [9.17, 15) is 0 Å². The van der Waals surface area contributed by atoms with Gasteiger partial charge in [-0.25, -0.2) is 0 Å². The first kappa shape index (κ1) is 16.3. The van der Waals surface area contributed by atoms with Crippen LogP contribution in [0, 0.1) is 5.92 Å². The van der Waals surface area contributed by atoms with Crippen molar-refractivity contribution in [3.05, 3.63) is 0 Å². The molecule has 0 aliphatic carbocycles. The Morgan fingerprint density at radius 1 is 1.06 bits per heavy atom. The zero-order valence-electron chi connectivity index (χ0n) is 11.7. The van der Waals surface area contributed by atoms with E-state index < -0.39 is 0 Å². The van der Waals surface area contributed by atoms with Gasteiger partial charge < -0.3 is 5.32 Å². The molecule has 0 saturated heterocycles. The Labute approximate surface area is 107 Å². The van der Waals surface area contributed by atoms with E-state index >= 15 is 0 Å². The van der Waals surface area contributed by atoms with Gasteiger partial charge in [-0.1, -0.05) is 27.7 Å². The molecule has 0 spiro atoms. The quantitative estimate of drug-likeness (QED) is 0.544. The number of hydrogen-bond donors (Lipinski definition) is 1. The number of rotatable bonds is 11. The van der Waals surface area contributed by atoms with Gasteiger partial charge in [-0.2, -0.15) is 11.8 Å². The summed E-state index contributed by atoms with van der Waals surface area (Å²) in [5, 5.41) is 3.62. The third-order valence-corrected chi connectivity index (χ3v) is 3.96. The van der Waals surface area contributed by atoms with E-state index in [1.54, 1.807) is 0 Å². The lowest BCUT2D eigenvalue weighted by atomic mass is 10.1. The van der Waals surface area contributed by atoms with Crippen molar-refractivity contribution in [2.24, 2.45) is 5.92 Å². The molecule has 0 aromatic heterocycles. The Bertz CT molecular complexity index is 137.